The third-order valence-corrected chi connectivity index (χ3v) is 11.4. The summed E-state index contributed by atoms with van der Waals surface area (Å²) in [6.07, 6.45) is 6.48. The molecular formula is C35H42N2O6S. The van der Waals surface area contributed by atoms with Gasteiger partial charge in [-0.3, -0.25) is 14.4 Å². The highest BCUT2D eigenvalue weighted by Gasteiger charge is 2.78. The monoisotopic (exact) mass is 618 g/mol. The largest absolute Gasteiger partial charge is 0.497 e. The van der Waals surface area contributed by atoms with Gasteiger partial charge in [0.25, 0.3) is 5.91 Å². The van der Waals surface area contributed by atoms with Crippen molar-refractivity contribution in [1.82, 2.24) is 4.90 Å². The molecular weight excluding hydrogens is 576 g/mol. The third-order valence-electron chi connectivity index (χ3n) is 9.38. The van der Waals surface area contributed by atoms with Crippen molar-refractivity contribution in [1.29, 1.82) is 0 Å². The number of amides is 2. The zero-order valence-corrected chi connectivity index (χ0v) is 26.3. The number of thioether (sulfide) groups is 1. The second-order valence-electron chi connectivity index (χ2n) is 12.0. The number of hydrogen-bond acceptors (Lipinski definition) is 7. The number of aliphatic hydroxyl groups excluding tert-OH is 1. The van der Waals surface area contributed by atoms with Gasteiger partial charge in [-0.1, -0.05) is 42.5 Å². The maximum atomic E-state index is 14.9. The number of allylic oxidation sites excluding steroid dienone is 1. The van der Waals surface area contributed by atoms with Crippen LogP contribution in [0.2, 0.25) is 0 Å². The highest BCUT2D eigenvalue weighted by molar-refractivity contribution is 8.02. The van der Waals surface area contributed by atoms with Gasteiger partial charge in [0.2, 0.25) is 5.91 Å². The van der Waals surface area contributed by atoms with Gasteiger partial charge < -0.3 is 24.4 Å². The number of nitrogens with zero attached hydrogens (tertiary/aromatic N) is 2. The van der Waals surface area contributed by atoms with E-state index in [1.54, 1.807) is 53.0 Å². The van der Waals surface area contributed by atoms with Gasteiger partial charge in [-0.25, -0.2) is 0 Å². The van der Waals surface area contributed by atoms with Crippen LogP contribution in [0.4, 0.5) is 5.69 Å². The van der Waals surface area contributed by atoms with E-state index in [9.17, 15) is 19.5 Å². The van der Waals surface area contributed by atoms with Gasteiger partial charge in [-0.2, -0.15) is 0 Å². The Morgan fingerprint density at radius 2 is 1.86 bits per heavy atom. The quantitative estimate of drug-likeness (QED) is 0.185. The van der Waals surface area contributed by atoms with E-state index >= 15 is 0 Å². The summed E-state index contributed by atoms with van der Waals surface area (Å²) in [6.45, 7) is 9.81. The second kappa shape index (κ2) is 13.2. The minimum Gasteiger partial charge on any atom is -0.497 e. The van der Waals surface area contributed by atoms with Crippen LogP contribution in [0.25, 0.3) is 0 Å². The first-order valence-corrected chi connectivity index (χ1v) is 16.1. The number of unbranched alkanes of at least 4 members (excludes halogenated alkanes) is 1. The van der Waals surface area contributed by atoms with Crippen LogP contribution in [0, 0.1) is 11.8 Å². The number of aliphatic hydroxyl groups is 1. The van der Waals surface area contributed by atoms with E-state index in [0.717, 1.165) is 12.0 Å². The topological polar surface area (TPSA) is 96.4 Å². The van der Waals surface area contributed by atoms with Crippen molar-refractivity contribution in [3.63, 3.8) is 0 Å². The molecule has 3 aliphatic rings. The van der Waals surface area contributed by atoms with Gasteiger partial charge in [-0.15, -0.1) is 24.9 Å². The summed E-state index contributed by atoms with van der Waals surface area (Å²) < 4.78 is 9.69. The molecule has 0 aromatic heterocycles. The van der Waals surface area contributed by atoms with Crippen molar-refractivity contribution in [2.45, 2.75) is 60.6 Å². The molecule has 1 N–H and O–H groups in total. The lowest BCUT2D eigenvalue weighted by atomic mass is 9.66. The van der Waals surface area contributed by atoms with Gasteiger partial charge in [0.05, 0.1) is 42.9 Å². The number of benzene rings is 2. The lowest BCUT2D eigenvalue weighted by Gasteiger charge is -2.39. The minimum absolute atomic E-state index is 0.226. The van der Waals surface area contributed by atoms with E-state index in [4.69, 9.17) is 9.47 Å². The Kier molecular flexibility index (Phi) is 9.56. The summed E-state index contributed by atoms with van der Waals surface area (Å²) in [7, 11) is 1.58. The van der Waals surface area contributed by atoms with E-state index in [2.05, 4.69) is 13.2 Å². The number of methoxy groups -OCH3 is 1. The lowest BCUT2D eigenvalue weighted by molar-refractivity contribution is -0.156. The molecule has 0 radical (unpaired) electrons. The molecule has 2 aromatic carbocycles. The number of esters is 1. The van der Waals surface area contributed by atoms with Crippen molar-refractivity contribution >= 4 is 35.2 Å². The summed E-state index contributed by atoms with van der Waals surface area (Å²) >= 11 is 1.59. The molecule has 44 heavy (non-hydrogen) atoms. The molecule has 3 heterocycles. The van der Waals surface area contributed by atoms with Crippen LogP contribution in [0.15, 0.2) is 79.9 Å². The summed E-state index contributed by atoms with van der Waals surface area (Å²) in [5.74, 6) is -1.68. The molecule has 2 unspecified atom stereocenters. The van der Waals surface area contributed by atoms with Gasteiger partial charge >= 0.3 is 5.97 Å². The first-order chi connectivity index (χ1) is 21.2. The average Bonchev–Trinajstić information content (AvgIpc) is 3.61. The molecule has 0 saturated carbocycles. The van der Waals surface area contributed by atoms with E-state index in [-0.39, 0.29) is 31.6 Å². The van der Waals surface area contributed by atoms with Gasteiger partial charge in [0, 0.05) is 17.0 Å². The molecule has 5 rings (SSSR count). The number of likely N-dealkylation sites (tertiary alicyclic amines) is 1. The van der Waals surface area contributed by atoms with Crippen LogP contribution >= 0.6 is 11.8 Å². The number of anilines is 1. The lowest BCUT2D eigenvalue weighted by Crippen LogP contribution is -2.58. The van der Waals surface area contributed by atoms with Crippen LogP contribution in [0.1, 0.15) is 38.2 Å². The molecule has 1 spiro atoms. The van der Waals surface area contributed by atoms with Gasteiger partial charge in [-0.05, 0) is 68.9 Å². The Bertz CT molecular complexity index is 1380. The summed E-state index contributed by atoms with van der Waals surface area (Å²) in [6, 6.07) is 15.3. The van der Waals surface area contributed by atoms with Crippen molar-refractivity contribution < 1.29 is 29.0 Å². The van der Waals surface area contributed by atoms with Crippen LogP contribution in [0.5, 0.6) is 5.75 Å². The fraction of sp³-hybridized carbons (Fsp3) is 0.457. The maximum absolute atomic E-state index is 14.9. The number of hydrogen-bond donors (Lipinski definition) is 1. The van der Waals surface area contributed by atoms with E-state index in [0.29, 0.717) is 37.1 Å². The molecule has 9 heteroatoms. The smallest absolute Gasteiger partial charge is 0.311 e. The Hall–Kier alpha value is -3.56. The standard InChI is InChI=1S/C35H42N2O6S/c1-5-7-11-21-43-33(41)29-28-31(39)37(26(23-38)22-24-12-9-8-10-13-24)30(35(28)19-18-34(29,3)44-35)32(40)36(20-6-2)25-14-16-27(42-4)17-15-25/h5-6,8-10,12-17,26,28-30,38H,1-2,7,11,18-23H2,3-4H3/t26-,28+,29+,30?,34-,35?/m1/s1. The maximum Gasteiger partial charge on any atom is 0.311 e. The SMILES string of the molecule is C=CCCCOC(=O)[C@@H]1[C@H]2C(=O)N([C@@H](CO)Cc3ccccc3)C(C(=O)N(CC=C)c3ccc(OC)cc3)C23CC[C@@]1(C)S3. The second-order valence-corrected chi connectivity index (χ2v) is 13.9. The Labute approximate surface area is 264 Å². The number of carbonyl (C=O) groups is 3. The molecule has 3 aliphatic heterocycles. The first-order valence-electron chi connectivity index (χ1n) is 15.3. The molecule has 6 atom stereocenters. The predicted molar refractivity (Wildman–Crippen MR) is 173 cm³/mol. The number of ether oxygens (including phenoxy) is 2. The third kappa shape index (κ3) is 5.56. The predicted octanol–water partition coefficient (Wildman–Crippen LogP) is 4.81. The first kappa shape index (κ1) is 31.9. The molecule has 3 fully saturated rings. The zero-order chi connectivity index (χ0) is 31.5. The fourth-order valence-corrected chi connectivity index (χ4v) is 9.71. The zero-order valence-electron chi connectivity index (χ0n) is 25.5. The van der Waals surface area contributed by atoms with E-state index in [1.807, 2.05) is 49.4 Å². The number of fused-ring (bicyclic) bond motifs is 1. The number of carbonyl (C=O) groups excluding carboxylic acids is 3. The molecule has 3 saturated heterocycles. The Balaban J connectivity index is 1.57. The van der Waals surface area contributed by atoms with Gasteiger partial charge in [0.15, 0.2) is 0 Å². The van der Waals surface area contributed by atoms with Crippen molar-refractivity contribution in [3.8, 4) is 5.75 Å². The van der Waals surface area contributed by atoms with Crippen molar-refractivity contribution in [3.05, 3.63) is 85.5 Å². The summed E-state index contributed by atoms with van der Waals surface area (Å²) in [5, 5.41) is 10.7. The van der Waals surface area contributed by atoms with E-state index < -0.39 is 39.4 Å². The van der Waals surface area contributed by atoms with E-state index in [1.165, 1.54) is 0 Å². The fourth-order valence-electron chi connectivity index (χ4n) is 7.38. The van der Waals surface area contributed by atoms with Crippen molar-refractivity contribution in [2.24, 2.45) is 11.8 Å². The molecule has 2 bridgehead atoms. The van der Waals surface area contributed by atoms with Crippen LogP contribution in [-0.2, 0) is 25.5 Å². The van der Waals surface area contributed by atoms with Crippen molar-refractivity contribution in [2.75, 3.05) is 31.8 Å². The molecule has 0 aliphatic carbocycles. The molecule has 234 valence electrons. The van der Waals surface area contributed by atoms with Gasteiger partial charge in [0.1, 0.15) is 11.8 Å². The molecule has 8 nitrogen and oxygen atoms in total. The summed E-state index contributed by atoms with van der Waals surface area (Å²) in [5.41, 5.74) is 1.59. The van der Waals surface area contributed by atoms with Crippen LogP contribution < -0.4 is 9.64 Å². The average molecular weight is 619 g/mol. The Morgan fingerprint density at radius 3 is 2.50 bits per heavy atom. The minimum atomic E-state index is -0.895. The normalized spacial score (nSPS) is 27.5. The molecule has 2 aromatic rings. The highest BCUT2D eigenvalue weighted by atomic mass is 32.2. The molecule has 2 amide bonds. The van der Waals surface area contributed by atoms with Crippen LogP contribution in [0.3, 0.4) is 0 Å². The summed E-state index contributed by atoms with van der Waals surface area (Å²) in [4.78, 5) is 46.6. The highest BCUT2D eigenvalue weighted by Crippen LogP contribution is 2.72. The van der Waals surface area contributed by atoms with Crippen LogP contribution in [-0.4, -0.2) is 76.2 Å². The number of rotatable bonds is 14. The Morgan fingerprint density at radius 1 is 1.14 bits per heavy atom.